The van der Waals surface area contributed by atoms with E-state index in [2.05, 4.69) is 15.6 Å². The highest BCUT2D eigenvalue weighted by Crippen LogP contribution is 2.34. The van der Waals surface area contributed by atoms with Crippen LogP contribution < -0.4 is 10.6 Å². The molecule has 0 unspecified atom stereocenters. The molecule has 1 aliphatic rings. The molecule has 0 saturated carbocycles. The lowest BCUT2D eigenvalue weighted by Crippen LogP contribution is -2.43. The van der Waals surface area contributed by atoms with Crippen molar-refractivity contribution in [3.63, 3.8) is 0 Å². The van der Waals surface area contributed by atoms with E-state index in [-0.39, 0.29) is 5.91 Å². The van der Waals surface area contributed by atoms with Crippen LogP contribution in [-0.4, -0.2) is 42.0 Å². The van der Waals surface area contributed by atoms with Gasteiger partial charge in [-0.15, -0.1) is 11.3 Å². The summed E-state index contributed by atoms with van der Waals surface area (Å²) in [6.45, 7) is 1.65. The number of rotatable bonds is 4. The number of thiophene rings is 1. The Labute approximate surface area is 154 Å². The van der Waals surface area contributed by atoms with Crippen LogP contribution in [0.15, 0.2) is 36.4 Å². The van der Waals surface area contributed by atoms with Gasteiger partial charge in [0.15, 0.2) is 5.13 Å². The molecular weight excluding hydrogens is 352 g/mol. The standard InChI is InChI=1S/C18H20N4OS2/c1-19-12-7-9-22(10-8-12)17(23)15-11-14-16(24-15)21-18(25-14)20-13-5-3-2-4-6-13/h2-6,11-12,19H,7-10H2,1H3,(H,20,21). The molecule has 1 aromatic carbocycles. The Kier molecular flexibility index (Phi) is 4.70. The van der Waals surface area contributed by atoms with Gasteiger partial charge >= 0.3 is 0 Å². The number of benzene rings is 1. The summed E-state index contributed by atoms with van der Waals surface area (Å²) in [5.74, 6) is 0.141. The molecule has 7 heteroatoms. The third-order valence-corrected chi connectivity index (χ3v) is 6.58. The number of hydrogen-bond donors (Lipinski definition) is 2. The van der Waals surface area contributed by atoms with Crippen LogP contribution in [-0.2, 0) is 0 Å². The highest BCUT2D eigenvalue weighted by Gasteiger charge is 2.24. The van der Waals surface area contributed by atoms with Crippen molar-refractivity contribution in [2.24, 2.45) is 0 Å². The molecule has 1 saturated heterocycles. The fourth-order valence-corrected chi connectivity index (χ4v) is 5.17. The Morgan fingerprint density at radius 2 is 1.96 bits per heavy atom. The summed E-state index contributed by atoms with van der Waals surface area (Å²) >= 11 is 3.08. The predicted octanol–water partition coefficient (Wildman–Crippen LogP) is 3.93. The van der Waals surface area contributed by atoms with E-state index in [0.29, 0.717) is 6.04 Å². The third-order valence-electron chi connectivity index (χ3n) is 4.52. The molecule has 0 spiro atoms. The lowest BCUT2D eigenvalue weighted by molar-refractivity contribution is 0.0712. The summed E-state index contributed by atoms with van der Waals surface area (Å²) < 4.78 is 1.07. The second-order valence-electron chi connectivity index (χ2n) is 6.15. The zero-order valence-corrected chi connectivity index (χ0v) is 15.6. The first-order chi connectivity index (χ1) is 12.2. The number of fused-ring (bicyclic) bond motifs is 1. The number of para-hydroxylation sites is 1. The molecule has 1 amide bonds. The average molecular weight is 373 g/mol. The molecule has 0 bridgehead atoms. The van der Waals surface area contributed by atoms with E-state index in [0.717, 1.165) is 51.2 Å². The highest BCUT2D eigenvalue weighted by molar-refractivity contribution is 7.29. The molecule has 130 valence electrons. The van der Waals surface area contributed by atoms with Crippen molar-refractivity contribution in [2.75, 3.05) is 25.5 Å². The first-order valence-corrected chi connectivity index (χ1v) is 10.1. The smallest absolute Gasteiger partial charge is 0.264 e. The molecule has 3 heterocycles. The minimum Gasteiger partial charge on any atom is -0.338 e. The van der Waals surface area contributed by atoms with E-state index in [9.17, 15) is 4.79 Å². The molecule has 4 rings (SSSR count). The normalized spacial score (nSPS) is 15.6. The van der Waals surface area contributed by atoms with Crippen LogP contribution in [0.25, 0.3) is 9.53 Å². The predicted molar refractivity (Wildman–Crippen MR) is 105 cm³/mol. The highest BCUT2D eigenvalue weighted by atomic mass is 32.1. The zero-order chi connectivity index (χ0) is 17.2. The van der Waals surface area contributed by atoms with Gasteiger partial charge in [-0.3, -0.25) is 4.79 Å². The Morgan fingerprint density at radius 1 is 1.20 bits per heavy atom. The molecular formula is C18H20N4OS2. The van der Waals surface area contributed by atoms with Gasteiger partial charge in [0.1, 0.15) is 4.83 Å². The minimum atomic E-state index is 0.141. The maximum Gasteiger partial charge on any atom is 0.264 e. The van der Waals surface area contributed by atoms with E-state index < -0.39 is 0 Å². The zero-order valence-electron chi connectivity index (χ0n) is 14.0. The molecule has 0 radical (unpaired) electrons. The van der Waals surface area contributed by atoms with Crippen LogP contribution >= 0.6 is 22.7 Å². The van der Waals surface area contributed by atoms with Crippen molar-refractivity contribution in [1.29, 1.82) is 0 Å². The van der Waals surface area contributed by atoms with Gasteiger partial charge in [-0.2, -0.15) is 0 Å². The van der Waals surface area contributed by atoms with Crippen LogP contribution in [0, 0.1) is 0 Å². The molecule has 25 heavy (non-hydrogen) atoms. The number of carbonyl (C=O) groups is 1. The van der Waals surface area contributed by atoms with Gasteiger partial charge in [-0.05, 0) is 38.1 Å². The molecule has 3 aromatic rings. The fourth-order valence-electron chi connectivity index (χ4n) is 3.07. The third kappa shape index (κ3) is 3.53. The van der Waals surface area contributed by atoms with Crippen molar-refractivity contribution in [3.8, 4) is 0 Å². The molecule has 2 aromatic heterocycles. The fraction of sp³-hybridized carbons (Fsp3) is 0.333. The molecule has 1 aliphatic heterocycles. The maximum absolute atomic E-state index is 12.7. The maximum atomic E-state index is 12.7. The lowest BCUT2D eigenvalue weighted by Gasteiger charge is -2.31. The first-order valence-electron chi connectivity index (χ1n) is 8.42. The van der Waals surface area contributed by atoms with Gasteiger partial charge in [0.25, 0.3) is 5.91 Å². The molecule has 0 atom stereocenters. The van der Waals surface area contributed by atoms with Crippen LogP contribution in [0.5, 0.6) is 0 Å². The topological polar surface area (TPSA) is 57.3 Å². The number of nitrogens with one attached hydrogen (secondary N) is 2. The largest absolute Gasteiger partial charge is 0.338 e. The SMILES string of the molecule is CNC1CCN(C(=O)c2cc3sc(Nc4ccccc4)nc3s2)CC1. The van der Waals surface area contributed by atoms with Gasteiger partial charge in [0, 0.05) is 24.8 Å². The van der Waals surface area contributed by atoms with Crippen LogP contribution in [0.1, 0.15) is 22.5 Å². The van der Waals surface area contributed by atoms with E-state index in [1.165, 1.54) is 11.3 Å². The summed E-state index contributed by atoms with van der Waals surface area (Å²) in [4.78, 5) is 21.0. The Balaban J connectivity index is 1.47. The number of carbonyl (C=O) groups excluding carboxylic acids is 1. The number of amides is 1. The van der Waals surface area contributed by atoms with Crippen molar-refractivity contribution in [2.45, 2.75) is 18.9 Å². The van der Waals surface area contributed by atoms with Crippen LogP contribution in [0.2, 0.25) is 0 Å². The van der Waals surface area contributed by atoms with Gasteiger partial charge in [0.2, 0.25) is 0 Å². The number of aromatic nitrogens is 1. The second-order valence-corrected chi connectivity index (χ2v) is 8.21. The van der Waals surface area contributed by atoms with E-state index in [1.807, 2.05) is 48.3 Å². The van der Waals surface area contributed by atoms with Crippen LogP contribution in [0.4, 0.5) is 10.8 Å². The molecule has 1 fully saturated rings. The number of likely N-dealkylation sites (tertiary alicyclic amines) is 1. The molecule has 5 nitrogen and oxygen atoms in total. The number of hydrogen-bond acceptors (Lipinski definition) is 6. The summed E-state index contributed by atoms with van der Waals surface area (Å²) in [7, 11) is 1.99. The summed E-state index contributed by atoms with van der Waals surface area (Å²) in [6, 6.07) is 12.5. The van der Waals surface area contributed by atoms with Crippen molar-refractivity contribution < 1.29 is 4.79 Å². The minimum absolute atomic E-state index is 0.141. The summed E-state index contributed by atoms with van der Waals surface area (Å²) in [6.07, 6.45) is 2.04. The Morgan fingerprint density at radius 3 is 2.64 bits per heavy atom. The van der Waals surface area contributed by atoms with Gasteiger partial charge in [0.05, 0.1) is 9.58 Å². The number of thiazole rings is 1. The monoisotopic (exact) mass is 372 g/mol. The lowest BCUT2D eigenvalue weighted by atomic mass is 10.1. The molecule has 2 N–H and O–H groups in total. The van der Waals surface area contributed by atoms with Crippen molar-refractivity contribution >= 4 is 48.9 Å². The number of anilines is 2. The van der Waals surface area contributed by atoms with Gasteiger partial charge in [-0.25, -0.2) is 4.98 Å². The number of nitrogens with zero attached hydrogens (tertiary/aromatic N) is 2. The first kappa shape index (κ1) is 16.5. The van der Waals surface area contributed by atoms with Gasteiger partial charge < -0.3 is 15.5 Å². The van der Waals surface area contributed by atoms with E-state index in [1.54, 1.807) is 11.3 Å². The summed E-state index contributed by atoms with van der Waals surface area (Å²) in [5, 5.41) is 7.47. The van der Waals surface area contributed by atoms with E-state index >= 15 is 0 Å². The average Bonchev–Trinajstić information content (AvgIpc) is 3.20. The van der Waals surface area contributed by atoms with Crippen molar-refractivity contribution in [3.05, 3.63) is 41.3 Å². The number of piperidine rings is 1. The van der Waals surface area contributed by atoms with Gasteiger partial charge in [-0.1, -0.05) is 29.5 Å². The van der Waals surface area contributed by atoms with Crippen molar-refractivity contribution in [1.82, 2.24) is 15.2 Å². The summed E-state index contributed by atoms with van der Waals surface area (Å²) in [5.41, 5.74) is 1.02. The Bertz CT molecular complexity index is 834. The van der Waals surface area contributed by atoms with E-state index in [4.69, 9.17) is 0 Å². The van der Waals surface area contributed by atoms with Crippen LogP contribution in [0.3, 0.4) is 0 Å². The second kappa shape index (κ2) is 7.11. The quantitative estimate of drug-likeness (QED) is 0.729. The Hall–Kier alpha value is -1.96. The molecule has 0 aliphatic carbocycles.